The first-order valence-corrected chi connectivity index (χ1v) is 10.2. The third kappa shape index (κ3) is 5.64. The average molecular weight is 428 g/mol. The van der Waals surface area contributed by atoms with Gasteiger partial charge in [-0.25, -0.2) is 14.2 Å². The van der Waals surface area contributed by atoms with E-state index in [0.29, 0.717) is 24.2 Å². The van der Waals surface area contributed by atoms with E-state index in [4.69, 9.17) is 0 Å². The van der Waals surface area contributed by atoms with Crippen LogP contribution in [-0.2, 0) is 11.2 Å². The van der Waals surface area contributed by atoms with Crippen molar-refractivity contribution in [3.8, 4) is 10.4 Å². The fraction of sp³-hybridized carbons (Fsp3) is 0.227. The van der Waals surface area contributed by atoms with Crippen molar-refractivity contribution >= 4 is 34.7 Å². The highest BCUT2D eigenvalue weighted by Crippen LogP contribution is 2.30. The van der Waals surface area contributed by atoms with Crippen LogP contribution in [0.5, 0.6) is 0 Å². The molecule has 3 N–H and O–H groups in total. The van der Waals surface area contributed by atoms with E-state index in [1.54, 1.807) is 32.2 Å². The molecular formula is C22H22FN3O3S. The third-order valence-electron chi connectivity index (χ3n) is 4.63. The molecule has 0 radical (unpaired) electrons. The number of aliphatic carboxylic acids is 1. The highest BCUT2D eigenvalue weighted by Gasteiger charge is 2.27. The first-order valence-electron chi connectivity index (χ1n) is 9.35. The Hall–Kier alpha value is -3.26. The molecular weight excluding hydrogens is 405 g/mol. The van der Waals surface area contributed by atoms with Gasteiger partial charge in [0.25, 0.3) is 0 Å². The number of halogens is 1. The predicted molar refractivity (Wildman–Crippen MR) is 116 cm³/mol. The van der Waals surface area contributed by atoms with Crippen molar-refractivity contribution in [2.24, 2.45) is 5.41 Å². The maximum Gasteiger partial charge on any atom is 0.323 e. The Morgan fingerprint density at radius 3 is 2.17 bits per heavy atom. The fourth-order valence-corrected chi connectivity index (χ4v) is 3.55. The summed E-state index contributed by atoms with van der Waals surface area (Å²) in [5.41, 5.74) is 1.29. The molecule has 0 fully saturated rings. The van der Waals surface area contributed by atoms with E-state index in [1.807, 2.05) is 12.1 Å². The monoisotopic (exact) mass is 427 g/mol. The molecule has 6 nitrogen and oxygen atoms in total. The molecule has 2 aromatic carbocycles. The Labute approximate surface area is 177 Å². The van der Waals surface area contributed by atoms with Crippen LogP contribution in [-0.4, -0.2) is 22.1 Å². The van der Waals surface area contributed by atoms with Crippen molar-refractivity contribution in [3.63, 3.8) is 0 Å². The summed E-state index contributed by atoms with van der Waals surface area (Å²) in [7, 11) is 0. The number of nitrogens with zero attached hydrogens (tertiary/aromatic N) is 1. The Morgan fingerprint density at radius 2 is 1.60 bits per heavy atom. The molecule has 0 atom stereocenters. The first kappa shape index (κ1) is 21.4. The molecule has 1 aromatic heterocycles. The van der Waals surface area contributed by atoms with Gasteiger partial charge < -0.3 is 15.7 Å². The van der Waals surface area contributed by atoms with Crippen LogP contribution in [0, 0.1) is 11.2 Å². The number of carbonyl (C=O) groups is 2. The zero-order valence-electron chi connectivity index (χ0n) is 16.6. The minimum Gasteiger partial charge on any atom is -0.481 e. The molecule has 0 saturated heterocycles. The van der Waals surface area contributed by atoms with Crippen LogP contribution in [0.1, 0.15) is 25.3 Å². The van der Waals surface area contributed by atoms with Crippen LogP contribution in [0.25, 0.3) is 10.4 Å². The fourth-order valence-electron chi connectivity index (χ4n) is 2.63. The highest BCUT2D eigenvalue weighted by atomic mass is 32.1. The van der Waals surface area contributed by atoms with Crippen LogP contribution in [0.15, 0.2) is 54.7 Å². The number of thiazole rings is 1. The number of aryl methyl sites for hydroxylation is 1. The Balaban J connectivity index is 1.58. The van der Waals surface area contributed by atoms with Crippen molar-refractivity contribution in [2.45, 2.75) is 26.7 Å². The lowest BCUT2D eigenvalue weighted by atomic mass is 9.88. The molecule has 30 heavy (non-hydrogen) atoms. The molecule has 0 aliphatic heterocycles. The van der Waals surface area contributed by atoms with E-state index in [-0.39, 0.29) is 5.82 Å². The highest BCUT2D eigenvalue weighted by molar-refractivity contribution is 7.15. The summed E-state index contributed by atoms with van der Waals surface area (Å²) in [6.45, 7) is 3.42. The lowest BCUT2D eigenvalue weighted by molar-refractivity contribution is -0.147. The number of carboxylic acid groups (broad SMARTS) is 1. The largest absolute Gasteiger partial charge is 0.481 e. The quantitative estimate of drug-likeness (QED) is 0.455. The van der Waals surface area contributed by atoms with Crippen molar-refractivity contribution in [3.05, 3.63) is 65.6 Å². The number of hydrogen-bond acceptors (Lipinski definition) is 4. The zero-order chi connectivity index (χ0) is 21.7. The molecule has 0 aliphatic carbocycles. The summed E-state index contributed by atoms with van der Waals surface area (Å²) in [6, 6.07) is 12.4. The molecule has 0 saturated carbocycles. The number of carbonyl (C=O) groups excluding carboxylic acids is 1. The topological polar surface area (TPSA) is 91.3 Å². The van der Waals surface area contributed by atoms with E-state index in [0.717, 1.165) is 15.4 Å². The Kier molecular flexibility index (Phi) is 6.47. The molecule has 3 aromatic rings. The summed E-state index contributed by atoms with van der Waals surface area (Å²) in [5.74, 6) is -1.18. The van der Waals surface area contributed by atoms with E-state index >= 15 is 0 Å². The molecule has 0 spiro atoms. The Morgan fingerprint density at radius 1 is 1.03 bits per heavy atom. The second kappa shape index (κ2) is 9.04. The van der Waals surface area contributed by atoms with Gasteiger partial charge in [0.05, 0.1) is 15.3 Å². The average Bonchev–Trinajstić information content (AvgIpc) is 3.18. The summed E-state index contributed by atoms with van der Waals surface area (Å²) in [6.07, 6.45) is 2.89. The van der Waals surface area contributed by atoms with Crippen molar-refractivity contribution < 1.29 is 19.1 Å². The number of amides is 2. The van der Waals surface area contributed by atoms with Crippen molar-refractivity contribution in [1.29, 1.82) is 0 Å². The van der Waals surface area contributed by atoms with Gasteiger partial charge in [0, 0.05) is 24.0 Å². The summed E-state index contributed by atoms with van der Waals surface area (Å²) in [5, 5.41) is 15.5. The molecule has 2 amide bonds. The number of hydrogen-bond donors (Lipinski definition) is 3. The maximum atomic E-state index is 12.9. The minimum atomic E-state index is -0.814. The molecule has 8 heteroatoms. The van der Waals surface area contributed by atoms with E-state index in [9.17, 15) is 19.1 Å². The molecule has 1 heterocycles. The van der Waals surface area contributed by atoms with Gasteiger partial charge in [-0.2, -0.15) is 0 Å². The van der Waals surface area contributed by atoms with Gasteiger partial charge in [0.15, 0.2) is 0 Å². The number of carboxylic acids is 1. The van der Waals surface area contributed by atoms with Gasteiger partial charge in [-0.05, 0) is 62.2 Å². The minimum absolute atomic E-state index is 0.367. The molecule has 0 bridgehead atoms. The van der Waals surface area contributed by atoms with Crippen LogP contribution in [0.4, 0.5) is 20.6 Å². The molecule has 156 valence electrons. The van der Waals surface area contributed by atoms with Gasteiger partial charge in [0.2, 0.25) is 0 Å². The Bertz CT molecular complexity index is 1030. The van der Waals surface area contributed by atoms with E-state index in [2.05, 4.69) is 15.6 Å². The van der Waals surface area contributed by atoms with Crippen LogP contribution in [0.2, 0.25) is 0 Å². The van der Waals surface area contributed by atoms with Gasteiger partial charge in [-0.15, -0.1) is 11.3 Å². The van der Waals surface area contributed by atoms with Crippen LogP contribution < -0.4 is 10.6 Å². The van der Waals surface area contributed by atoms with Gasteiger partial charge >= 0.3 is 12.0 Å². The second-order valence-corrected chi connectivity index (χ2v) is 8.59. The normalized spacial score (nSPS) is 11.2. The number of benzene rings is 2. The summed E-state index contributed by atoms with van der Waals surface area (Å²) in [4.78, 5) is 28.7. The van der Waals surface area contributed by atoms with Gasteiger partial charge in [0.1, 0.15) is 5.82 Å². The van der Waals surface area contributed by atoms with Crippen LogP contribution >= 0.6 is 11.3 Å². The van der Waals surface area contributed by atoms with Crippen LogP contribution in [0.3, 0.4) is 0 Å². The van der Waals surface area contributed by atoms with Crippen molar-refractivity contribution in [1.82, 2.24) is 4.98 Å². The lowest BCUT2D eigenvalue weighted by Gasteiger charge is -2.17. The van der Waals surface area contributed by atoms with Gasteiger partial charge in [-0.1, -0.05) is 12.1 Å². The summed E-state index contributed by atoms with van der Waals surface area (Å²) < 4.78 is 12.9. The lowest BCUT2D eigenvalue weighted by Crippen LogP contribution is -2.24. The second-order valence-electron chi connectivity index (χ2n) is 7.47. The van der Waals surface area contributed by atoms with E-state index < -0.39 is 17.4 Å². The standard InChI is InChI=1S/C22H22FN3O3S/c1-22(2,20(27)28)12-11-19-24-13-18(30-19)14-3-7-16(8-4-14)25-21(29)26-17-9-5-15(23)6-10-17/h3-10,13H,11-12H2,1-2H3,(H,27,28)(H2,25,26,29). The maximum absolute atomic E-state index is 12.9. The number of urea groups is 1. The molecule has 3 rings (SSSR count). The van der Waals surface area contributed by atoms with Gasteiger partial charge in [-0.3, -0.25) is 4.79 Å². The smallest absolute Gasteiger partial charge is 0.323 e. The zero-order valence-corrected chi connectivity index (χ0v) is 17.4. The number of nitrogens with one attached hydrogen (secondary N) is 2. The summed E-state index contributed by atoms with van der Waals surface area (Å²) >= 11 is 1.53. The number of anilines is 2. The molecule has 0 aliphatic rings. The number of aromatic nitrogens is 1. The van der Waals surface area contributed by atoms with Crippen molar-refractivity contribution in [2.75, 3.05) is 10.6 Å². The number of rotatable bonds is 7. The predicted octanol–water partition coefficient (Wildman–Crippen LogP) is 5.64. The SMILES string of the molecule is CC(C)(CCc1ncc(-c2ccc(NC(=O)Nc3ccc(F)cc3)cc2)s1)C(=O)O. The van der Waals surface area contributed by atoms with E-state index in [1.165, 1.54) is 35.6 Å². The molecule has 0 unspecified atom stereocenters. The first-order chi connectivity index (χ1) is 14.2. The third-order valence-corrected chi connectivity index (χ3v) is 5.73.